The first-order valence-electron chi connectivity index (χ1n) is 7.92. The van der Waals surface area contributed by atoms with Crippen LogP contribution >= 0.6 is 0 Å². The fraction of sp³-hybridized carbons (Fsp3) is 0.812. The van der Waals surface area contributed by atoms with E-state index in [4.69, 9.17) is 0 Å². The first-order chi connectivity index (χ1) is 9.27. The molecule has 0 saturated carbocycles. The van der Waals surface area contributed by atoms with Crippen molar-refractivity contribution in [2.45, 2.75) is 57.9 Å². The van der Waals surface area contributed by atoms with Gasteiger partial charge in [0, 0.05) is 25.6 Å². The van der Waals surface area contributed by atoms with Gasteiger partial charge in [0.1, 0.15) is 0 Å². The molecule has 0 aromatic heterocycles. The number of hydrogen-bond acceptors (Lipinski definition) is 2. The van der Waals surface area contributed by atoms with E-state index in [1.807, 2.05) is 0 Å². The lowest BCUT2D eigenvalue weighted by molar-refractivity contribution is -0.134. The highest BCUT2D eigenvalue weighted by atomic mass is 16.2. The lowest BCUT2D eigenvalue weighted by atomic mass is 9.94. The summed E-state index contributed by atoms with van der Waals surface area (Å²) in [4.78, 5) is 14.2. The molecule has 3 heteroatoms. The van der Waals surface area contributed by atoms with Crippen molar-refractivity contribution in [2.75, 3.05) is 19.6 Å². The van der Waals surface area contributed by atoms with Crippen LogP contribution in [0.25, 0.3) is 0 Å². The molecule has 2 aliphatic rings. The number of nitrogens with zero attached hydrogens (tertiary/aromatic N) is 1. The Morgan fingerprint density at radius 3 is 2.95 bits per heavy atom. The van der Waals surface area contributed by atoms with Gasteiger partial charge in [0.2, 0.25) is 5.91 Å². The Balaban J connectivity index is 1.59. The summed E-state index contributed by atoms with van der Waals surface area (Å²) in [6.07, 6.45) is 12.6. The summed E-state index contributed by atoms with van der Waals surface area (Å²) in [6.45, 7) is 5.04. The van der Waals surface area contributed by atoms with Crippen LogP contribution in [0.2, 0.25) is 0 Å². The molecule has 1 amide bonds. The second-order valence-electron chi connectivity index (χ2n) is 6.04. The van der Waals surface area contributed by atoms with Gasteiger partial charge >= 0.3 is 0 Å². The maximum Gasteiger partial charge on any atom is 0.224 e. The number of rotatable bonds is 5. The lowest BCUT2D eigenvalue weighted by Gasteiger charge is -2.33. The maximum atomic E-state index is 12.1. The number of carbonyl (C=O) groups is 1. The van der Waals surface area contributed by atoms with Gasteiger partial charge < -0.3 is 10.2 Å². The van der Waals surface area contributed by atoms with E-state index >= 15 is 0 Å². The smallest absolute Gasteiger partial charge is 0.224 e. The predicted molar refractivity (Wildman–Crippen MR) is 79.0 cm³/mol. The first-order valence-corrected chi connectivity index (χ1v) is 7.92. The van der Waals surface area contributed by atoms with E-state index in [2.05, 4.69) is 29.3 Å². The topological polar surface area (TPSA) is 32.3 Å². The molecule has 3 nitrogen and oxygen atoms in total. The molecule has 2 rings (SSSR count). The normalized spacial score (nSPS) is 27.5. The first kappa shape index (κ1) is 14.6. The van der Waals surface area contributed by atoms with Gasteiger partial charge in [-0.2, -0.15) is 0 Å². The minimum absolute atomic E-state index is 0.336. The van der Waals surface area contributed by atoms with Crippen molar-refractivity contribution in [1.82, 2.24) is 10.2 Å². The Hall–Kier alpha value is -0.830. The molecule has 1 saturated heterocycles. The zero-order chi connectivity index (χ0) is 13.5. The summed E-state index contributed by atoms with van der Waals surface area (Å²) in [5, 5.41) is 3.46. The summed E-state index contributed by atoms with van der Waals surface area (Å²) in [5.74, 6) is 1.11. The van der Waals surface area contributed by atoms with E-state index in [1.54, 1.807) is 0 Å². The monoisotopic (exact) mass is 264 g/mol. The van der Waals surface area contributed by atoms with Crippen LogP contribution in [0.1, 0.15) is 51.9 Å². The van der Waals surface area contributed by atoms with Crippen LogP contribution in [0.5, 0.6) is 0 Å². The number of hydrogen-bond donors (Lipinski definition) is 1. The average molecular weight is 264 g/mol. The molecule has 0 bridgehead atoms. The maximum absolute atomic E-state index is 12.1. The highest BCUT2D eigenvalue weighted by molar-refractivity contribution is 5.76. The van der Waals surface area contributed by atoms with Gasteiger partial charge in [0.25, 0.3) is 0 Å². The van der Waals surface area contributed by atoms with Gasteiger partial charge in [-0.25, -0.2) is 0 Å². The van der Waals surface area contributed by atoms with E-state index < -0.39 is 0 Å². The van der Waals surface area contributed by atoms with E-state index in [0.717, 1.165) is 25.6 Å². The highest BCUT2D eigenvalue weighted by Gasteiger charge is 2.22. The molecule has 0 spiro atoms. The van der Waals surface area contributed by atoms with E-state index in [1.165, 1.54) is 38.5 Å². The summed E-state index contributed by atoms with van der Waals surface area (Å²) in [6, 6.07) is 0.449. The van der Waals surface area contributed by atoms with Gasteiger partial charge in [0.05, 0.1) is 0 Å². The Labute approximate surface area is 117 Å². The molecule has 19 heavy (non-hydrogen) atoms. The van der Waals surface area contributed by atoms with Crippen LogP contribution in [0.15, 0.2) is 12.2 Å². The molecule has 0 aromatic carbocycles. The number of nitrogens with one attached hydrogen (secondary N) is 1. The minimum atomic E-state index is 0.336. The third-order valence-corrected chi connectivity index (χ3v) is 4.45. The molecule has 0 radical (unpaired) electrons. The Bertz CT molecular complexity index is 314. The van der Waals surface area contributed by atoms with Gasteiger partial charge in [-0.3, -0.25) is 4.79 Å². The second kappa shape index (κ2) is 7.68. The second-order valence-corrected chi connectivity index (χ2v) is 6.04. The number of carbonyl (C=O) groups excluding carboxylic acids is 1. The summed E-state index contributed by atoms with van der Waals surface area (Å²) in [7, 11) is 0. The molecular formula is C16H28N2O. The fourth-order valence-electron chi connectivity index (χ4n) is 3.16. The molecule has 1 aliphatic carbocycles. The fourth-order valence-corrected chi connectivity index (χ4v) is 3.16. The predicted octanol–water partition coefficient (Wildman–Crippen LogP) is 2.72. The van der Waals surface area contributed by atoms with Gasteiger partial charge in [0.15, 0.2) is 0 Å². The number of amides is 1. The van der Waals surface area contributed by atoms with E-state index in [-0.39, 0.29) is 0 Å². The summed E-state index contributed by atoms with van der Waals surface area (Å²) < 4.78 is 0. The van der Waals surface area contributed by atoms with E-state index in [9.17, 15) is 4.79 Å². The van der Waals surface area contributed by atoms with Crippen LogP contribution in [-0.2, 0) is 4.79 Å². The average Bonchev–Trinajstić information content (AvgIpc) is 2.45. The highest BCUT2D eigenvalue weighted by Crippen LogP contribution is 2.18. The third kappa shape index (κ3) is 4.64. The summed E-state index contributed by atoms with van der Waals surface area (Å²) in [5.41, 5.74) is 0. The van der Waals surface area contributed by atoms with Gasteiger partial charge in [-0.05, 0) is 57.9 Å². The molecular weight excluding hydrogens is 236 g/mol. The Kier molecular flexibility index (Phi) is 5.90. The third-order valence-electron chi connectivity index (χ3n) is 4.45. The molecule has 1 aliphatic heterocycles. The summed E-state index contributed by atoms with van der Waals surface area (Å²) >= 11 is 0. The zero-order valence-corrected chi connectivity index (χ0v) is 12.2. The molecule has 1 heterocycles. The number of allylic oxidation sites excluding steroid dienone is 2. The molecule has 2 atom stereocenters. The molecule has 1 fully saturated rings. The van der Waals surface area contributed by atoms with Crippen molar-refractivity contribution in [3.05, 3.63) is 12.2 Å². The van der Waals surface area contributed by atoms with Crippen molar-refractivity contribution in [2.24, 2.45) is 5.92 Å². The zero-order valence-electron chi connectivity index (χ0n) is 12.2. The van der Waals surface area contributed by atoms with Crippen LogP contribution in [0.4, 0.5) is 0 Å². The number of piperidine rings is 1. The van der Waals surface area contributed by atoms with Gasteiger partial charge in [-0.15, -0.1) is 0 Å². The van der Waals surface area contributed by atoms with Crippen molar-refractivity contribution >= 4 is 5.91 Å². The molecule has 0 aromatic rings. The van der Waals surface area contributed by atoms with Crippen molar-refractivity contribution < 1.29 is 4.79 Å². The lowest BCUT2D eigenvalue weighted by Crippen LogP contribution is -2.43. The SMILES string of the molecule is C[C@H]1CCCCN1C(=O)CCNC[C@H]1CC=CCC1. The molecule has 0 unspecified atom stereocenters. The van der Waals surface area contributed by atoms with Crippen molar-refractivity contribution in [3.63, 3.8) is 0 Å². The van der Waals surface area contributed by atoms with Crippen LogP contribution in [0, 0.1) is 5.92 Å². The van der Waals surface area contributed by atoms with Crippen molar-refractivity contribution in [1.29, 1.82) is 0 Å². The molecule has 1 N–H and O–H groups in total. The Morgan fingerprint density at radius 1 is 1.32 bits per heavy atom. The Morgan fingerprint density at radius 2 is 2.21 bits per heavy atom. The molecule has 108 valence electrons. The van der Waals surface area contributed by atoms with Gasteiger partial charge in [-0.1, -0.05) is 12.2 Å². The number of likely N-dealkylation sites (tertiary alicyclic amines) is 1. The largest absolute Gasteiger partial charge is 0.340 e. The van der Waals surface area contributed by atoms with Crippen LogP contribution in [-0.4, -0.2) is 36.5 Å². The standard InChI is InChI=1S/C16H28N2O/c1-14-7-5-6-12-18(14)16(19)10-11-17-13-15-8-3-2-4-9-15/h2-3,14-15,17H,4-13H2,1H3/t14-,15-/m0/s1. The van der Waals surface area contributed by atoms with Crippen LogP contribution in [0.3, 0.4) is 0 Å². The van der Waals surface area contributed by atoms with E-state index in [0.29, 0.717) is 18.4 Å². The quantitative estimate of drug-likeness (QED) is 0.611. The van der Waals surface area contributed by atoms with Crippen LogP contribution < -0.4 is 5.32 Å². The van der Waals surface area contributed by atoms with Crippen molar-refractivity contribution in [3.8, 4) is 0 Å². The minimum Gasteiger partial charge on any atom is -0.340 e.